The lowest BCUT2D eigenvalue weighted by Gasteiger charge is -2.51. The van der Waals surface area contributed by atoms with Crippen LogP contribution in [-0.2, 0) is 19.1 Å². The van der Waals surface area contributed by atoms with Crippen molar-refractivity contribution in [2.24, 2.45) is 23.7 Å². The number of ether oxygens (including phenoxy) is 2. The Kier molecular flexibility index (Phi) is 7.43. The van der Waals surface area contributed by atoms with Crippen LogP contribution in [0.2, 0.25) is 0 Å². The first kappa shape index (κ1) is 25.6. The highest BCUT2D eigenvalue weighted by Gasteiger charge is 2.63. The third-order valence-electron chi connectivity index (χ3n) is 8.48. The van der Waals surface area contributed by atoms with Crippen LogP contribution in [0.1, 0.15) is 51.6 Å². The van der Waals surface area contributed by atoms with Crippen LogP contribution in [0.15, 0.2) is 48.7 Å². The maximum absolute atomic E-state index is 13.6. The van der Waals surface area contributed by atoms with Gasteiger partial charge in [0.1, 0.15) is 17.5 Å². The Labute approximate surface area is 217 Å². The van der Waals surface area contributed by atoms with Crippen molar-refractivity contribution in [3.8, 4) is 11.1 Å². The van der Waals surface area contributed by atoms with Crippen LogP contribution < -0.4 is 5.32 Å². The maximum atomic E-state index is 13.6. The molecule has 2 aliphatic carbocycles. The zero-order chi connectivity index (χ0) is 26.0. The van der Waals surface area contributed by atoms with Gasteiger partial charge in [-0.2, -0.15) is 0 Å². The largest absolute Gasteiger partial charge is 0.465 e. The second-order valence-electron chi connectivity index (χ2n) is 10.6. The first-order chi connectivity index (χ1) is 17.9. The predicted molar refractivity (Wildman–Crippen MR) is 139 cm³/mol. The molecular weight excluding hydrogens is 471 g/mol. The molecule has 2 saturated carbocycles. The molecule has 2 aromatic rings. The Morgan fingerprint density at radius 3 is 2.84 bits per heavy atom. The fourth-order valence-electron chi connectivity index (χ4n) is 6.94. The van der Waals surface area contributed by atoms with Crippen molar-refractivity contribution in [2.75, 3.05) is 13.2 Å². The molecule has 2 heterocycles. The highest BCUT2D eigenvalue weighted by molar-refractivity contribution is 5.85. The maximum Gasteiger partial charge on any atom is 0.327 e. The molecule has 6 atom stereocenters. The van der Waals surface area contributed by atoms with Crippen LogP contribution in [0.5, 0.6) is 0 Å². The number of pyridine rings is 1. The van der Waals surface area contributed by atoms with E-state index in [9.17, 15) is 14.0 Å². The lowest BCUT2D eigenvalue weighted by Crippen LogP contribution is -2.63. The van der Waals surface area contributed by atoms with Gasteiger partial charge in [-0.25, -0.2) is 4.39 Å². The van der Waals surface area contributed by atoms with Crippen LogP contribution in [0.4, 0.5) is 4.39 Å². The van der Waals surface area contributed by atoms with E-state index in [1.54, 1.807) is 19.2 Å². The van der Waals surface area contributed by atoms with E-state index in [4.69, 9.17) is 9.47 Å². The average molecular weight is 507 g/mol. The Hall–Kier alpha value is -3.06. The second-order valence-corrected chi connectivity index (χ2v) is 10.6. The van der Waals surface area contributed by atoms with Gasteiger partial charge in [0, 0.05) is 17.7 Å². The third-order valence-corrected chi connectivity index (χ3v) is 8.48. The number of cyclic esters (lactones) is 1. The number of esters is 2. The smallest absolute Gasteiger partial charge is 0.327 e. The summed E-state index contributed by atoms with van der Waals surface area (Å²) in [5.41, 5.74) is 1.55. The number of aromatic nitrogens is 1. The molecule has 3 aliphatic rings. The van der Waals surface area contributed by atoms with Crippen molar-refractivity contribution in [1.82, 2.24) is 10.3 Å². The Balaban J connectivity index is 1.42. The summed E-state index contributed by atoms with van der Waals surface area (Å²) in [6.45, 7) is 4.03. The fourth-order valence-corrected chi connectivity index (χ4v) is 6.94. The lowest BCUT2D eigenvalue weighted by molar-refractivity contribution is -0.148. The standard InChI is InChI=1S/C30H35FN2O4/c1-3-36-27(34)18-33-30-16-21-7-4-5-10-25(21)26(28(30)19(2)37-29(30)35)14-13-24-12-11-22(17-32-24)20-8-6-9-23(31)15-20/h6,8-9,11-15,17,19,21,25-26,28,33H,3-5,7,10,16,18H2,1-2H3/b14-13+/t19-,21?,25-,26+,28+,30+/m1/s1. The summed E-state index contributed by atoms with van der Waals surface area (Å²) in [5.74, 6) is -0.0240. The van der Waals surface area contributed by atoms with Gasteiger partial charge in [-0.05, 0) is 74.3 Å². The van der Waals surface area contributed by atoms with Crippen LogP contribution >= 0.6 is 0 Å². The number of nitrogens with zero attached hydrogens (tertiary/aromatic N) is 1. The predicted octanol–water partition coefficient (Wildman–Crippen LogP) is 5.18. The van der Waals surface area contributed by atoms with E-state index in [-0.39, 0.29) is 42.2 Å². The van der Waals surface area contributed by atoms with E-state index in [1.165, 1.54) is 18.6 Å². The molecule has 1 aromatic carbocycles. The average Bonchev–Trinajstić information content (AvgIpc) is 3.15. The first-order valence-electron chi connectivity index (χ1n) is 13.4. The zero-order valence-corrected chi connectivity index (χ0v) is 21.5. The van der Waals surface area contributed by atoms with E-state index >= 15 is 0 Å². The molecule has 0 spiro atoms. The molecule has 0 amide bonds. The van der Waals surface area contributed by atoms with Crippen molar-refractivity contribution < 1.29 is 23.5 Å². The molecule has 37 heavy (non-hydrogen) atoms. The third kappa shape index (κ3) is 5.06. The number of fused-ring (bicyclic) bond motifs is 2. The zero-order valence-electron chi connectivity index (χ0n) is 21.5. The lowest BCUT2D eigenvalue weighted by atomic mass is 9.54. The molecule has 0 bridgehead atoms. The molecule has 5 rings (SSSR count). The van der Waals surface area contributed by atoms with Crippen molar-refractivity contribution in [3.63, 3.8) is 0 Å². The minimum Gasteiger partial charge on any atom is -0.465 e. The summed E-state index contributed by atoms with van der Waals surface area (Å²) in [6, 6.07) is 10.4. The molecule has 1 unspecified atom stereocenters. The Morgan fingerprint density at radius 2 is 2.08 bits per heavy atom. The van der Waals surface area contributed by atoms with E-state index in [1.807, 2.05) is 31.2 Å². The number of rotatable bonds is 7. The topological polar surface area (TPSA) is 77.5 Å². The van der Waals surface area contributed by atoms with E-state index in [0.29, 0.717) is 24.9 Å². The van der Waals surface area contributed by atoms with Gasteiger partial charge in [-0.15, -0.1) is 0 Å². The highest BCUT2D eigenvalue weighted by atomic mass is 19.1. The summed E-state index contributed by atoms with van der Waals surface area (Å²) in [5, 5.41) is 3.32. The Morgan fingerprint density at radius 1 is 1.24 bits per heavy atom. The molecule has 3 fully saturated rings. The fraction of sp³-hybridized carbons (Fsp3) is 0.500. The quantitative estimate of drug-likeness (QED) is 0.522. The van der Waals surface area contributed by atoms with Crippen molar-refractivity contribution in [1.29, 1.82) is 0 Å². The van der Waals surface area contributed by atoms with Gasteiger partial charge >= 0.3 is 11.9 Å². The number of hydrogen-bond acceptors (Lipinski definition) is 6. The van der Waals surface area contributed by atoms with E-state index < -0.39 is 5.54 Å². The number of hydrogen-bond donors (Lipinski definition) is 1. The van der Waals surface area contributed by atoms with Crippen LogP contribution in [0, 0.1) is 29.5 Å². The molecule has 6 nitrogen and oxygen atoms in total. The molecule has 1 N–H and O–H groups in total. The second kappa shape index (κ2) is 10.7. The number of carbonyl (C=O) groups excluding carboxylic acids is 2. The van der Waals surface area contributed by atoms with Gasteiger partial charge in [-0.1, -0.05) is 43.5 Å². The normalized spacial score (nSPS) is 31.0. The molecule has 7 heteroatoms. The molecule has 1 saturated heterocycles. The molecule has 1 aromatic heterocycles. The van der Waals surface area contributed by atoms with Gasteiger partial charge in [-0.3, -0.25) is 19.9 Å². The Bertz CT molecular complexity index is 1170. The molecular formula is C30H35FN2O4. The number of nitrogens with one attached hydrogen (secondary N) is 1. The molecule has 1 aliphatic heterocycles. The first-order valence-corrected chi connectivity index (χ1v) is 13.4. The highest BCUT2D eigenvalue weighted by Crippen LogP contribution is 2.55. The van der Waals surface area contributed by atoms with Gasteiger partial charge < -0.3 is 9.47 Å². The summed E-state index contributed by atoms with van der Waals surface area (Å²) in [7, 11) is 0. The van der Waals surface area contributed by atoms with Crippen molar-refractivity contribution in [2.45, 2.75) is 57.6 Å². The van der Waals surface area contributed by atoms with Gasteiger partial charge in [0.25, 0.3) is 0 Å². The molecule has 196 valence electrons. The van der Waals surface area contributed by atoms with E-state index in [2.05, 4.69) is 16.4 Å². The van der Waals surface area contributed by atoms with Gasteiger partial charge in [0.2, 0.25) is 0 Å². The van der Waals surface area contributed by atoms with Gasteiger partial charge in [0.15, 0.2) is 0 Å². The summed E-state index contributed by atoms with van der Waals surface area (Å²) >= 11 is 0. The number of allylic oxidation sites excluding steroid dienone is 1. The van der Waals surface area contributed by atoms with E-state index in [0.717, 1.165) is 36.1 Å². The summed E-state index contributed by atoms with van der Waals surface area (Å²) < 4.78 is 24.6. The SMILES string of the molecule is CCOC(=O)CN[C@@]12CC3CCCC[C@H]3[C@H](/C=C/c3ccc(-c4cccc(F)c4)cn3)[C@@H]1[C@@H](C)OC2=O. The van der Waals surface area contributed by atoms with Gasteiger partial charge in [0.05, 0.1) is 18.8 Å². The monoisotopic (exact) mass is 506 g/mol. The number of carbonyl (C=O) groups is 2. The number of benzene rings is 1. The number of halogens is 1. The van der Waals surface area contributed by atoms with Crippen LogP contribution in [-0.4, -0.2) is 41.7 Å². The molecule has 0 radical (unpaired) electrons. The summed E-state index contributed by atoms with van der Waals surface area (Å²) in [6.07, 6.45) is 11.0. The van der Waals surface area contributed by atoms with Crippen LogP contribution in [0.25, 0.3) is 17.2 Å². The summed E-state index contributed by atoms with van der Waals surface area (Å²) in [4.78, 5) is 30.1. The van der Waals surface area contributed by atoms with Crippen molar-refractivity contribution >= 4 is 18.0 Å². The minimum atomic E-state index is -0.894. The van der Waals surface area contributed by atoms with Crippen LogP contribution in [0.3, 0.4) is 0 Å². The minimum absolute atomic E-state index is 0.0108. The van der Waals surface area contributed by atoms with Crippen molar-refractivity contribution in [3.05, 3.63) is 60.2 Å².